The Bertz CT molecular complexity index is 814. The minimum absolute atomic E-state index is 0.0691. The number of likely N-dealkylation sites (tertiary alicyclic amines) is 1. The van der Waals surface area contributed by atoms with Crippen LogP contribution in [-0.4, -0.2) is 36.2 Å². The molecule has 6 nitrogen and oxygen atoms in total. The van der Waals surface area contributed by atoms with E-state index >= 15 is 0 Å². The molecule has 0 aliphatic carbocycles. The zero-order chi connectivity index (χ0) is 19.9. The van der Waals surface area contributed by atoms with Gasteiger partial charge in [-0.25, -0.2) is 0 Å². The number of aryl methyl sites for hydroxylation is 2. The maximum atomic E-state index is 12.4. The van der Waals surface area contributed by atoms with Gasteiger partial charge in [-0.15, -0.1) is 0 Å². The Kier molecular flexibility index (Phi) is 6.74. The van der Waals surface area contributed by atoms with Crippen LogP contribution in [0.4, 0.5) is 0 Å². The molecule has 0 spiro atoms. The molecule has 0 bridgehead atoms. The number of rotatable bonds is 6. The van der Waals surface area contributed by atoms with Crippen molar-refractivity contribution in [1.82, 2.24) is 10.1 Å². The van der Waals surface area contributed by atoms with Gasteiger partial charge in [-0.05, 0) is 50.5 Å². The molecule has 1 aromatic carbocycles. The lowest BCUT2D eigenvalue weighted by Gasteiger charge is -2.18. The summed E-state index contributed by atoms with van der Waals surface area (Å²) in [5, 5.41) is 3.94. The summed E-state index contributed by atoms with van der Waals surface area (Å²) in [4.78, 5) is 14.3. The second kappa shape index (κ2) is 9.44. The number of ether oxygens (including phenoxy) is 2. The Morgan fingerprint density at radius 3 is 2.57 bits per heavy atom. The quantitative estimate of drug-likeness (QED) is 0.695. The van der Waals surface area contributed by atoms with E-state index in [-0.39, 0.29) is 5.91 Å². The summed E-state index contributed by atoms with van der Waals surface area (Å²) < 4.78 is 16.5. The van der Waals surface area contributed by atoms with Crippen LogP contribution in [0.15, 0.2) is 28.8 Å². The van der Waals surface area contributed by atoms with Crippen molar-refractivity contribution in [3.63, 3.8) is 0 Å². The molecule has 1 aliphatic heterocycles. The van der Waals surface area contributed by atoms with Crippen LogP contribution < -0.4 is 9.47 Å². The fourth-order valence-electron chi connectivity index (χ4n) is 3.33. The van der Waals surface area contributed by atoms with Crippen molar-refractivity contribution in [3.05, 3.63) is 46.9 Å². The van der Waals surface area contributed by atoms with Crippen molar-refractivity contribution < 1.29 is 18.8 Å². The number of carbonyl (C=O) groups excluding carboxylic acids is 1. The fraction of sp³-hybridized carbons (Fsp3) is 0.455. The van der Waals surface area contributed by atoms with Gasteiger partial charge in [-0.1, -0.05) is 24.1 Å². The Morgan fingerprint density at radius 2 is 1.93 bits per heavy atom. The number of nitrogens with zero attached hydrogens (tertiary/aromatic N) is 2. The van der Waals surface area contributed by atoms with E-state index < -0.39 is 0 Å². The van der Waals surface area contributed by atoms with Gasteiger partial charge in [0.25, 0.3) is 0 Å². The van der Waals surface area contributed by atoms with Crippen LogP contribution in [0.2, 0.25) is 0 Å². The molecule has 0 saturated carbocycles. The molecule has 1 amide bonds. The number of aromatic nitrogens is 1. The first-order valence-electron chi connectivity index (χ1n) is 9.78. The third-order valence-corrected chi connectivity index (χ3v) is 5.08. The maximum absolute atomic E-state index is 12.4. The zero-order valence-corrected chi connectivity index (χ0v) is 16.9. The minimum Gasteiger partial charge on any atom is -0.493 e. The average Bonchev–Trinajstić information content (AvgIpc) is 2.91. The van der Waals surface area contributed by atoms with Gasteiger partial charge in [0.05, 0.1) is 18.4 Å². The molecule has 1 aliphatic rings. The van der Waals surface area contributed by atoms with Gasteiger partial charge in [0, 0.05) is 19.2 Å². The van der Waals surface area contributed by atoms with Crippen LogP contribution in [0.3, 0.4) is 0 Å². The number of carbonyl (C=O) groups is 1. The average molecular weight is 384 g/mol. The van der Waals surface area contributed by atoms with Crippen LogP contribution in [-0.2, 0) is 11.4 Å². The summed E-state index contributed by atoms with van der Waals surface area (Å²) in [7, 11) is 1.61. The third-order valence-electron chi connectivity index (χ3n) is 5.08. The monoisotopic (exact) mass is 384 g/mol. The van der Waals surface area contributed by atoms with Crippen molar-refractivity contribution >= 4 is 12.0 Å². The number of benzene rings is 1. The van der Waals surface area contributed by atoms with E-state index in [2.05, 4.69) is 5.16 Å². The van der Waals surface area contributed by atoms with Crippen molar-refractivity contribution in [1.29, 1.82) is 0 Å². The zero-order valence-electron chi connectivity index (χ0n) is 16.9. The van der Waals surface area contributed by atoms with Crippen molar-refractivity contribution in [2.75, 3.05) is 20.2 Å². The highest BCUT2D eigenvalue weighted by Crippen LogP contribution is 2.30. The lowest BCUT2D eigenvalue weighted by molar-refractivity contribution is -0.125. The van der Waals surface area contributed by atoms with Crippen LogP contribution in [0, 0.1) is 13.8 Å². The van der Waals surface area contributed by atoms with E-state index in [0.29, 0.717) is 18.1 Å². The molecule has 1 aromatic heterocycles. The van der Waals surface area contributed by atoms with Gasteiger partial charge in [0.2, 0.25) is 5.91 Å². The van der Waals surface area contributed by atoms with Crippen molar-refractivity contribution in [2.24, 2.45) is 0 Å². The Hall–Kier alpha value is -2.76. The Morgan fingerprint density at radius 1 is 1.18 bits per heavy atom. The second-order valence-electron chi connectivity index (χ2n) is 7.07. The van der Waals surface area contributed by atoms with E-state index in [1.165, 1.54) is 12.8 Å². The molecule has 28 heavy (non-hydrogen) atoms. The van der Waals surface area contributed by atoms with Crippen LogP contribution in [0.5, 0.6) is 11.5 Å². The highest BCUT2D eigenvalue weighted by atomic mass is 16.5. The molecule has 3 rings (SSSR count). The van der Waals surface area contributed by atoms with Gasteiger partial charge in [0.1, 0.15) is 12.4 Å². The predicted octanol–water partition coefficient (Wildman–Crippen LogP) is 4.29. The normalized spacial score (nSPS) is 14.9. The first-order valence-corrected chi connectivity index (χ1v) is 9.78. The Labute approximate surface area is 166 Å². The lowest BCUT2D eigenvalue weighted by atomic mass is 10.1. The summed E-state index contributed by atoms with van der Waals surface area (Å²) in [5.41, 5.74) is 2.65. The van der Waals surface area contributed by atoms with Gasteiger partial charge >= 0.3 is 0 Å². The molecular weight excluding hydrogens is 356 g/mol. The summed E-state index contributed by atoms with van der Waals surface area (Å²) in [6, 6.07) is 5.64. The molecule has 1 saturated heterocycles. The summed E-state index contributed by atoms with van der Waals surface area (Å²) >= 11 is 0. The molecule has 150 valence electrons. The molecule has 6 heteroatoms. The van der Waals surface area contributed by atoms with Crippen LogP contribution in [0.25, 0.3) is 6.08 Å². The van der Waals surface area contributed by atoms with Gasteiger partial charge in [-0.3, -0.25) is 4.79 Å². The Balaban J connectivity index is 1.66. The SMILES string of the molecule is COc1cc(/C=C/C(=O)N2CCCCCC2)ccc1OCc1c(C)noc1C. The van der Waals surface area contributed by atoms with Crippen LogP contribution in [0.1, 0.15) is 48.3 Å². The van der Waals surface area contributed by atoms with E-state index in [9.17, 15) is 4.79 Å². The number of methoxy groups -OCH3 is 1. The molecular formula is C22H28N2O4. The highest BCUT2D eigenvalue weighted by Gasteiger charge is 2.14. The van der Waals surface area contributed by atoms with Crippen molar-refractivity contribution in [2.45, 2.75) is 46.1 Å². The molecule has 0 radical (unpaired) electrons. The largest absolute Gasteiger partial charge is 0.493 e. The summed E-state index contributed by atoms with van der Waals surface area (Å²) in [5.74, 6) is 2.08. The predicted molar refractivity (Wildman–Crippen MR) is 107 cm³/mol. The molecule has 2 aromatic rings. The van der Waals surface area contributed by atoms with E-state index in [4.69, 9.17) is 14.0 Å². The van der Waals surface area contributed by atoms with Crippen molar-refractivity contribution in [3.8, 4) is 11.5 Å². The van der Waals surface area contributed by atoms with Crippen LogP contribution >= 0.6 is 0 Å². The molecule has 2 heterocycles. The first kappa shape index (κ1) is 20.0. The molecule has 0 unspecified atom stereocenters. The molecule has 0 atom stereocenters. The second-order valence-corrected chi connectivity index (χ2v) is 7.07. The fourth-order valence-corrected chi connectivity index (χ4v) is 3.33. The van der Waals surface area contributed by atoms with Gasteiger partial charge < -0.3 is 18.9 Å². The number of amides is 1. The smallest absolute Gasteiger partial charge is 0.246 e. The number of hydrogen-bond donors (Lipinski definition) is 0. The summed E-state index contributed by atoms with van der Waals surface area (Å²) in [6.45, 7) is 5.81. The van der Waals surface area contributed by atoms with E-state index in [0.717, 1.165) is 48.5 Å². The topological polar surface area (TPSA) is 64.8 Å². The summed E-state index contributed by atoms with van der Waals surface area (Å²) in [6.07, 6.45) is 8.06. The molecule has 0 N–H and O–H groups in total. The highest BCUT2D eigenvalue weighted by molar-refractivity contribution is 5.91. The standard InChI is InChI=1S/C22H28N2O4/c1-16-19(17(2)28-23-16)15-27-20-10-8-18(14-21(20)26-3)9-11-22(25)24-12-6-4-5-7-13-24/h8-11,14H,4-7,12-13,15H2,1-3H3/b11-9+. The van der Waals surface area contributed by atoms with Gasteiger partial charge in [-0.2, -0.15) is 0 Å². The number of hydrogen-bond acceptors (Lipinski definition) is 5. The van der Waals surface area contributed by atoms with E-state index in [1.54, 1.807) is 13.2 Å². The first-order chi connectivity index (χ1) is 13.6. The van der Waals surface area contributed by atoms with Gasteiger partial charge in [0.15, 0.2) is 11.5 Å². The maximum Gasteiger partial charge on any atom is 0.246 e. The van der Waals surface area contributed by atoms with E-state index in [1.807, 2.05) is 43.0 Å². The molecule has 1 fully saturated rings. The minimum atomic E-state index is 0.0691. The third kappa shape index (κ3) is 4.94. The lowest BCUT2D eigenvalue weighted by Crippen LogP contribution is -2.30.